The third-order valence-electron chi connectivity index (χ3n) is 7.65. The summed E-state index contributed by atoms with van der Waals surface area (Å²) in [5, 5.41) is 9.31. The topological polar surface area (TPSA) is 40.5 Å². The summed E-state index contributed by atoms with van der Waals surface area (Å²) in [6.45, 7) is 6.69. The maximum Gasteiger partial charge on any atom is 0.416 e. The number of hydrogen-bond donors (Lipinski definition) is 1. The minimum Gasteiger partial charge on any atom is -0.481 e. The number of carbonyl (C=O) groups is 1. The largest absolute Gasteiger partial charge is 0.481 e. The molecule has 3 nitrogen and oxygen atoms in total. The van der Waals surface area contributed by atoms with E-state index in [2.05, 4.69) is 20.8 Å². The molecule has 39 heavy (non-hydrogen) atoms. The van der Waals surface area contributed by atoms with Crippen molar-refractivity contribution < 1.29 is 36.2 Å². The van der Waals surface area contributed by atoms with Crippen molar-refractivity contribution in [2.24, 2.45) is 5.92 Å². The molecule has 3 atom stereocenters. The van der Waals surface area contributed by atoms with Crippen molar-refractivity contribution in [1.82, 2.24) is 4.90 Å². The van der Waals surface area contributed by atoms with Crippen molar-refractivity contribution >= 4 is 5.97 Å². The number of aryl methyl sites for hydroxylation is 1. The van der Waals surface area contributed by atoms with Crippen LogP contribution in [0.1, 0.15) is 87.6 Å². The van der Waals surface area contributed by atoms with Crippen LogP contribution in [-0.4, -0.2) is 34.7 Å². The predicted octanol–water partition coefficient (Wildman–Crippen LogP) is 8.57. The van der Waals surface area contributed by atoms with E-state index in [9.17, 15) is 36.2 Å². The molecule has 1 heterocycles. The van der Waals surface area contributed by atoms with Gasteiger partial charge in [-0.1, -0.05) is 57.2 Å². The van der Waals surface area contributed by atoms with Crippen LogP contribution in [0.15, 0.2) is 48.5 Å². The van der Waals surface area contributed by atoms with Crippen LogP contribution in [0.5, 0.6) is 0 Å². The Morgan fingerprint density at radius 1 is 0.923 bits per heavy atom. The summed E-state index contributed by atoms with van der Waals surface area (Å²) in [4.78, 5) is 13.3. The molecule has 0 spiro atoms. The average Bonchev–Trinajstić information content (AvgIpc) is 2.82. The number of hydrogen-bond acceptors (Lipinski definition) is 2. The Bertz CT molecular complexity index is 1070. The van der Waals surface area contributed by atoms with Crippen LogP contribution in [0.3, 0.4) is 0 Å². The Hall–Kier alpha value is -2.55. The van der Waals surface area contributed by atoms with E-state index in [1.54, 1.807) is 0 Å². The first-order chi connectivity index (χ1) is 18.0. The first-order valence-electron chi connectivity index (χ1n) is 13.3. The van der Waals surface area contributed by atoms with Gasteiger partial charge in [0, 0.05) is 24.9 Å². The molecule has 1 aliphatic rings. The number of alkyl halides is 6. The number of piperidine rings is 1. The molecule has 0 aliphatic carbocycles. The molecule has 1 N–H and O–H groups in total. The summed E-state index contributed by atoms with van der Waals surface area (Å²) in [5.41, 5.74) is 1.89. The molecule has 0 amide bonds. The predicted molar refractivity (Wildman–Crippen MR) is 138 cm³/mol. The summed E-state index contributed by atoms with van der Waals surface area (Å²) in [6, 6.07) is 11.8. The molecule has 0 radical (unpaired) electrons. The van der Waals surface area contributed by atoms with Gasteiger partial charge in [-0.05, 0) is 78.8 Å². The van der Waals surface area contributed by atoms with E-state index in [0.717, 1.165) is 23.3 Å². The maximum atomic E-state index is 13.3. The van der Waals surface area contributed by atoms with Gasteiger partial charge in [-0.15, -0.1) is 0 Å². The molecular formula is C30H37F6NO2. The Balaban J connectivity index is 1.87. The van der Waals surface area contributed by atoms with E-state index in [1.807, 2.05) is 29.2 Å². The van der Waals surface area contributed by atoms with Gasteiger partial charge in [0.15, 0.2) is 0 Å². The van der Waals surface area contributed by atoms with Crippen LogP contribution in [-0.2, 0) is 22.8 Å². The van der Waals surface area contributed by atoms with Crippen molar-refractivity contribution in [3.63, 3.8) is 0 Å². The van der Waals surface area contributed by atoms with Crippen LogP contribution >= 0.6 is 0 Å². The number of benzene rings is 2. The van der Waals surface area contributed by atoms with E-state index >= 15 is 0 Å². The Morgan fingerprint density at radius 2 is 1.51 bits per heavy atom. The fourth-order valence-electron chi connectivity index (χ4n) is 5.46. The van der Waals surface area contributed by atoms with Gasteiger partial charge >= 0.3 is 18.3 Å². The molecule has 216 valence electrons. The number of halogens is 6. The number of aliphatic carboxylic acids is 1. The van der Waals surface area contributed by atoms with Gasteiger partial charge < -0.3 is 5.11 Å². The van der Waals surface area contributed by atoms with Gasteiger partial charge in [0.25, 0.3) is 0 Å². The number of nitrogens with zero attached hydrogens (tertiary/aromatic N) is 1. The monoisotopic (exact) mass is 557 g/mol. The molecule has 1 aliphatic heterocycles. The SMILES string of the molecule is CC(C)(C)c1ccc(CCC(CCC(F)(F)F)N2CCC(CC(=O)O)CC2c2ccc(C(F)(F)F)cc2)cc1. The number of carboxylic acids is 1. The second-order valence-corrected chi connectivity index (χ2v) is 11.7. The van der Waals surface area contributed by atoms with Crippen molar-refractivity contribution in [3.8, 4) is 0 Å². The van der Waals surface area contributed by atoms with Crippen LogP contribution in [0, 0.1) is 5.92 Å². The molecule has 2 aromatic rings. The van der Waals surface area contributed by atoms with Gasteiger partial charge in [-0.25, -0.2) is 0 Å². The minimum absolute atomic E-state index is 0.0248. The second-order valence-electron chi connectivity index (χ2n) is 11.7. The highest BCUT2D eigenvalue weighted by Crippen LogP contribution is 2.40. The first kappa shape index (κ1) is 31.0. The molecule has 1 saturated heterocycles. The fourth-order valence-corrected chi connectivity index (χ4v) is 5.46. The summed E-state index contributed by atoms with van der Waals surface area (Å²) < 4.78 is 79.3. The van der Waals surface area contributed by atoms with E-state index in [4.69, 9.17) is 0 Å². The van der Waals surface area contributed by atoms with Crippen molar-refractivity contribution in [3.05, 3.63) is 70.8 Å². The normalized spacial score (nSPS) is 20.1. The van der Waals surface area contributed by atoms with Crippen molar-refractivity contribution in [2.45, 2.75) is 95.6 Å². The third kappa shape index (κ3) is 9.26. The average molecular weight is 558 g/mol. The first-order valence-corrected chi connectivity index (χ1v) is 13.3. The molecule has 0 bridgehead atoms. The van der Waals surface area contributed by atoms with Crippen molar-refractivity contribution in [1.29, 1.82) is 0 Å². The molecule has 0 aromatic heterocycles. The highest BCUT2D eigenvalue weighted by atomic mass is 19.4. The zero-order chi connectivity index (χ0) is 29.0. The molecule has 1 fully saturated rings. The van der Waals surface area contributed by atoms with E-state index in [0.29, 0.717) is 37.8 Å². The second kappa shape index (κ2) is 12.3. The maximum absolute atomic E-state index is 13.3. The fraction of sp³-hybridized carbons (Fsp3) is 0.567. The number of likely N-dealkylation sites (tertiary alicyclic amines) is 1. The lowest BCUT2D eigenvalue weighted by molar-refractivity contribution is -0.141. The lowest BCUT2D eigenvalue weighted by atomic mass is 9.83. The summed E-state index contributed by atoms with van der Waals surface area (Å²) in [5.74, 6) is -1.17. The standard InChI is InChI=1S/C30H37F6NO2/c1-28(2,3)23-9-4-20(5-10-23)6-13-25(14-16-29(31,32)33)37-17-15-21(19-27(38)39)18-26(37)22-7-11-24(12-8-22)30(34,35)36/h4-5,7-12,21,25-26H,6,13-19H2,1-3H3,(H,38,39). The lowest BCUT2D eigenvalue weighted by Crippen LogP contribution is -2.44. The summed E-state index contributed by atoms with van der Waals surface area (Å²) in [7, 11) is 0. The van der Waals surface area contributed by atoms with E-state index in [1.165, 1.54) is 12.1 Å². The van der Waals surface area contributed by atoms with Gasteiger partial charge in [0.05, 0.1) is 5.56 Å². The van der Waals surface area contributed by atoms with Gasteiger partial charge in [-0.3, -0.25) is 9.69 Å². The third-order valence-corrected chi connectivity index (χ3v) is 7.65. The smallest absolute Gasteiger partial charge is 0.416 e. The zero-order valence-electron chi connectivity index (χ0n) is 22.6. The van der Waals surface area contributed by atoms with Crippen molar-refractivity contribution in [2.75, 3.05) is 6.54 Å². The molecular weight excluding hydrogens is 520 g/mol. The number of carboxylic acid groups (broad SMARTS) is 1. The minimum atomic E-state index is -4.51. The molecule has 0 saturated carbocycles. The number of rotatable bonds is 9. The molecule has 2 aromatic carbocycles. The summed E-state index contributed by atoms with van der Waals surface area (Å²) in [6.07, 6.45) is -8.15. The van der Waals surface area contributed by atoms with E-state index in [-0.39, 0.29) is 24.2 Å². The van der Waals surface area contributed by atoms with Crippen LogP contribution < -0.4 is 0 Å². The molecule has 3 unspecified atom stereocenters. The highest BCUT2D eigenvalue weighted by Gasteiger charge is 2.37. The van der Waals surface area contributed by atoms with Gasteiger partial charge in [0.1, 0.15) is 0 Å². The Kier molecular flexibility index (Phi) is 9.78. The van der Waals surface area contributed by atoms with Gasteiger partial charge in [-0.2, -0.15) is 26.3 Å². The highest BCUT2D eigenvalue weighted by molar-refractivity contribution is 5.67. The lowest BCUT2D eigenvalue weighted by Gasteiger charge is -2.44. The summed E-state index contributed by atoms with van der Waals surface area (Å²) >= 11 is 0. The van der Waals surface area contributed by atoms with Crippen LogP contribution in [0.4, 0.5) is 26.3 Å². The van der Waals surface area contributed by atoms with Gasteiger partial charge in [0.2, 0.25) is 0 Å². The molecule has 3 rings (SSSR count). The Labute approximate surface area is 226 Å². The van der Waals surface area contributed by atoms with E-state index < -0.39 is 42.4 Å². The van der Waals surface area contributed by atoms with Crippen LogP contribution in [0.2, 0.25) is 0 Å². The molecule has 9 heteroatoms. The Morgan fingerprint density at radius 3 is 2.03 bits per heavy atom. The quantitative estimate of drug-likeness (QED) is 0.314. The zero-order valence-corrected chi connectivity index (χ0v) is 22.6. The van der Waals surface area contributed by atoms with Crippen LogP contribution in [0.25, 0.3) is 0 Å².